The summed E-state index contributed by atoms with van der Waals surface area (Å²) in [5, 5.41) is 3.42. The zero-order valence-corrected chi connectivity index (χ0v) is 35.0. The second kappa shape index (κ2) is 44.6. The third-order valence-electron chi connectivity index (χ3n) is 7.77. The van der Waals surface area contributed by atoms with E-state index in [0.717, 1.165) is 30.4 Å². The van der Waals surface area contributed by atoms with Crippen LogP contribution in [0.1, 0.15) is 140 Å². The minimum Gasteiger partial charge on any atom is -0.355 e. The molecule has 0 saturated heterocycles. The van der Waals surface area contributed by atoms with Crippen LogP contribution in [0, 0.1) is 26.7 Å². The molecule has 2 aromatic rings. The third-order valence-corrected chi connectivity index (χ3v) is 7.77. The van der Waals surface area contributed by atoms with Crippen molar-refractivity contribution in [1.29, 1.82) is 0 Å². The Morgan fingerprint density at radius 1 is 0.796 bits per heavy atom. The summed E-state index contributed by atoms with van der Waals surface area (Å²) in [7, 11) is 1.50. The Hall–Kier alpha value is -3.36. The molecule has 3 N–H and O–H groups in total. The van der Waals surface area contributed by atoms with Gasteiger partial charge < -0.3 is 11.1 Å². The molecule has 2 heteroatoms. The Bertz CT molecular complexity index is 994. The fourth-order valence-corrected chi connectivity index (χ4v) is 4.95. The van der Waals surface area contributed by atoms with Gasteiger partial charge in [-0.25, -0.2) is 0 Å². The average Bonchev–Trinajstić information content (AvgIpc) is 3.15. The van der Waals surface area contributed by atoms with Crippen LogP contribution in [0.3, 0.4) is 0 Å². The monoisotopic (exact) mass is 677 g/mol. The molecular weight excluding hydrogens is 593 g/mol. The number of rotatable bonds is 10. The van der Waals surface area contributed by atoms with Crippen LogP contribution in [0.15, 0.2) is 113 Å². The first-order valence-electron chi connectivity index (χ1n) is 18.6. The molecule has 3 rings (SSSR count). The maximum atomic E-state index is 4.50. The lowest BCUT2D eigenvalue weighted by Crippen LogP contribution is -2.04. The first-order valence-corrected chi connectivity index (χ1v) is 18.6. The van der Waals surface area contributed by atoms with Crippen molar-refractivity contribution >= 4 is 5.69 Å². The summed E-state index contributed by atoms with van der Waals surface area (Å²) < 4.78 is 0. The number of benzene rings is 2. The zero-order chi connectivity index (χ0) is 39.8. The second-order valence-electron chi connectivity index (χ2n) is 10.9. The van der Waals surface area contributed by atoms with Crippen LogP contribution >= 0.6 is 0 Å². The highest BCUT2D eigenvalue weighted by molar-refractivity contribution is 5.61. The standard InChI is InChI=1S/C16H26.C15H21N.C5H10.C2H6.4C2H4.CH5N/c1-5-8-15(9-6-2)16-11-10-13(4)14(7-3)12-16;1-6-14(7-2)13(5)16-15-11(3)9-8-10-12(15)4;1-5-3-2-4-5;6*1-2/h10-12,15H,5-9H2,1-4H3;6,8-10,16H,5,7H2,1-4H3;5H,2-4H2,1H3;1-2H3;4*1-2H2;2H2,1H3/b;14-6-;;;;;;;. The summed E-state index contributed by atoms with van der Waals surface area (Å²) >= 11 is 0. The van der Waals surface area contributed by atoms with Gasteiger partial charge in [0.25, 0.3) is 0 Å². The number of hydrogen-bond donors (Lipinski definition) is 2. The van der Waals surface area contributed by atoms with E-state index in [1.54, 1.807) is 5.56 Å². The third kappa shape index (κ3) is 28.2. The molecular formula is C47H84N2. The summed E-state index contributed by atoms with van der Waals surface area (Å²) in [4.78, 5) is 0. The van der Waals surface area contributed by atoms with E-state index in [2.05, 4.69) is 175 Å². The molecule has 1 saturated carbocycles. The van der Waals surface area contributed by atoms with Crippen LogP contribution in [0.25, 0.3) is 0 Å². The van der Waals surface area contributed by atoms with Crippen molar-refractivity contribution in [2.75, 3.05) is 12.4 Å². The van der Waals surface area contributed by atoms with Crippen molar-refractivity contribution in [3.8, 4) is 0 Å². The SMILES string of the molecule is C=C.C=C.C=C.C=C.C=C(Nc1c(C)cccc1C)/C(=C\C)CC.CC.CC1CCC1.CCCC(CCC)c1ccc(C)c(CC)c1.CN. The van der Waals surface area contributed by atoms with E-state index >= 15 is 0 Å². The predicted molar refractivity (Wildman–Crippen MR) is 235 cm³/mol. The fraction of sp³-hybridized carbons (Fsp3) is 0.489. The quantitative estimate of drug-likeness (QED) is 0.194. The molecule has 1 aliphatic rings. The van der Waals surface area contributed by atoms with Crippen LogP contribution in [-0.2, 0) is 6.42 Å². The summed E-state index contributed by atoms with van der Waals surface area (Å²) in [5.74, 6) is 1.84. The van der Waals surface area contributed by atoms with Crippen molar-refractivity contribution in [3.05, 3.63) is 141 Å². The van der Waals surface area contributed by atoms with Crippen LogP contribution in [0.4, 0.5) is 5.69 Å². The minimum absolute atomic E-state index is 0.779. The highest BCUT2D eigenvalue weighted by Gasteiger charge is 2.11. The Morgan fingerprint density at radius 3 is 1.53 bits per heavy atom. The van der Waals surface area contributed by atoms with E-state index in [4.69, 9.17) is 0 Å². The lowest BCUT2D eigenvalue weighted by molar-refractivity contribution is 0.346. The van der Waals surface area contributed by atoms with Gasteiger partial charge in [0.1, 0.15) is 0 Å². The summed E-state index contributed by atoms with van der Waals surface area (Å²) in [6, 6.07) is 13.4. The van der Waals surface area contributed by atoms with Gasteiger partial charge in [0.15, 0.2) is 0 Å². The Morgan fingerprint density at radius 2 is 1.22 bits per heavy atom. The van der Waals surface area contributed by atoms with Crippen LogP contribution in [0.2, 0.25) is 0 Å². The molecule has 1 fully saturated rings. The number of nitrogens with two attached hydrogens (primary N) is 1. The van der Waals surface area contributed by atoms with Gasteiger partial charge in [-0.2, -0.15) is 0 Å². The van der Waals surface area contributed by atoms with Gasteiger partial charge in [-0.05, 0) is 106 Å². The van der Waals surface area contributed by atoms with Gasteiger partial charge in [0.2, 0.25) is 0 Å². The van der Waals surface area contributed by atoms with Gasteiger partial charge in [-0.3, -0.25) is 0 Å². The van der Waals surface area contributed by atoms with Crippen LogP contribution < -0.4 is 11.1 Å². The highest BCUT2D eigenvalue weighted by atomic mass is 14.9. The molecule has 0 aromatic heterocycles. The van der Waals surface area contributed by atoms with Crippen molar-refractivity contribution in [2.24, 2.45) is 11.7 Å². The van der Waals surface area contributed by atoms with E-state index < -0.39 is 0 Å². The first kappa shape index (κ1) is 57.9. The molecule has 0 amide bonds. The molecule has 0 heterocycles. The van der Waals surface area contributed by atoms with E-state index in [9.17, 15) is 0 Å². The summed E-state index contributed by atoms with van der Waals surface area (Å²) in [6.07, 6.45) is 14.0. The molecule has 0 aliphatic heterocycles. The van der Waals surface area contributed by atoms with Gasteiger partial charge in [-0.15, -0.1) is 52.6 Å². The predicted octanol–water partition coefficient (Wildman–Crippen LogP) is 15.4. The van der Waals surface area contributed by atoms with E-state index in [1.165, 1.54) is 85.5 Å². The van der Waals surface area contributed by atoms with Gasteiger partial charge in [0.05, 0.1) is 0 Å². The Kier molecular flexibility index (Phi) is 52.7. The van der Waals surface area contributed by atoms with Crippen molar-refractivity contribution in [1.82, 2.24) is 0 Å². The molecule has 2 nitrogen and oxygen atoms in total. The van der Waals surface area contributed by atoms with Crippen molar-refractivity contribution < 1.29 is 0 Å². The second-order valence-corrected chi connectivity index (χ2v) is 10.9. The van der Waals surface area contributed by atoms with Gasteiger partial charge >= 0.3 is 0 Å². The fourth-order valence-electron chi connectivity index (χ4n) is 4.95. The van der Waals surface area contributed by atoms with E-state index in [1.807, 2.05) is 13.8 Å². The molecule has 49 heavy (non-hydrogen) atoms. The molecule has 0 radical (unpaired) electrons. The number of aryl methyl sites for hydroxylation is 4. The maximum Gasteiger partial charge on any atom is 0.0443 e. The van der Waals surface area contributed by atoms with Crippen LogP contribution in [0.5, 0.6) is 0 Å². The van der Waals surface area contributed by atoms with Crippen LogP contribution in [-0.4, -0.2) is 7.05 Å². The lowest BCUT2D eigenvalue weighted by atomic mass is 9.88. The topological polar surface area (TPSA) is 38.0 Å². The van der Waals surface area contributed by atoms with E-state index in [0.29, 0.717) is 0 Å². The number of nitrogens with one attached hydrogen (secondary N) is 1. The largest absolute Gasteiger partial charge is 0.355 e. The molecule has 282 valence electrons. The highest BCUT2D eigenvalue weighted by Crippen LogP contribution is 2.28. The van der Waals surface area contributed by atoms with Crippen molar-refractivity contribution in [2.45, 2.75) is 140 Å². The Labute approximate surface area is 309 Å². The molecule has 0 spiro atoms. The van der Waals surface area contributed by atoms with E-state index in [-0.39, 0.29) is 0 Å². The number of allylic oxidation sites excluding steroid dienone is 2. The molecule has 1 aliphatic carbocycles. The molecule has 2 aromatic carbocycles. The first-order chi connectivity index (χ1) is 23.7. The summed E-state index contributed by atoms with van der Waals surface area (Å²) in [5.41, 5.74) is 15.0. The summed E-state index contributed by atoms with van der Waals surface area (Å²) in [6.45, 7) is 51.9. The zero-order valence-electron chi connectivity index (χ0n) is 35.0. The Balaban J connectivity index is -0.000000130. The lowest BCUT2D eigenvalue weighted by Gasteiger charge is -2.18. The average molecular weight is 677 g/mol. The number of hydrogen-bond acceptors (Lipinski definition) is 2. The smallest absolute Gasteiger partial charge is 0.0443 e. The van der Waals surface area contributed by atoms with Crippen molar-refractivity contribution in [3.63, 3.8) is 0 Å². The normalized spacial score (nSPS) is 10.5. The van der Waals surface area contributed by atoms with Gasteiger partial charge in [-0.1, -0.05) is 130 Å². The molecule has 0 bridgehead atoms. The van der Waals surface area contributed by atoms with Gasteiger partial charge in [0, 0.05) is 11.4 Å². The number of anilines is 1. The molecule has 0 atom stereocenters. The maximum absolute atomic E-state index is 4.50. The minimum atomic E-state index is 0.779. The number of para-hydroxylation sites is 1. The molecule has 0 unspecified atom stereocenters.